The van der Waals surface area contributed by atoms with Crippen molar-refractivity contribution in [3.05, 3.63) is 71.0 Å². The van der Waals surface area contributed by atoms with Crippen molar-refractivity contribution in [3.8, 4) is 11.5 Å². The molecule has 2 aromatic carbocycles. The Labute approximate surface area is 209 Å². The average molecular weight is 519 g/mol. The third-order valence-electron chi connectivity index (χ3n) is 4.96. The predicted molar refractivity (Wildman–Crippen MR) is 130 cm³/mol. The van der Waals surface area contributed by atoms with Crippen LogP contribution in [0.1, 0.15) is 36.8 Å². The maximum atomic E-state index is 13.2. The molecule has 0 spiro atoms. The highest BCUT2D eigenvalue weighted by atomic mass is 35.5. The number of hydrogen-bond donors (Lipinski definition) is 1. The van der Waals surface area contributed by atoms with Gasteiger partial charge in [-0.2, -0.15) is 13.2 Å². The van der Waals surface area contributed by atoms with Gasteiger partial charge in [0.2, 0.25) is 5.95 Å². The number of carbonyl (C=O) groups is 1. The summed E-state index contributed by atoms with van der Waals surface area (Å²) in [5.74, 6) is 0.577. The van der Waals surface area contributed by atoms with Crippen LogP contribution >= 0.6 is 11.6 Å². The number of anilines is 2. The molecule has 4 aromatic rings. The SMILES string of the molecule is Cn1c(Nc2ccc(Cl)c(C(F)(F)F)c2)nc2cc(Oc3ccnc(C(=O)OC(C)(C)C)c3)ccc21. The molecule has 1 N–H and O–H groups in total. The predicted octanol–water partition coefficient (Wildman–Crippen LogP) is 7.13. The molecule has 0 radical (unpaired) electrons. The van der Waals surface area contributed by atoms with E-state index in [1.54, 1.807) is 56.7 Å². The maximum Gasteiger partial charge on any atom is 0.417 e. The van der Waals surface area contributed by atoms with Gasteiger partial charge in [0.15, 0.2) is 5.69 Å². The van der Waals surface area contributed by atoms with Gasteiger partial charge in [0.05, 0.1) is 21.6 Å². The van der Waals surface area contributed by atoms with E-state index in [9.17, 15) is 18.0 Å². The molecule has 0 atom stereocenters. The fraction of sp³-hybridized carbons (Fsp3) is 0.240. The first-order valence-electron chi connectivity index (χ1n) is 10.8. The highest BCUT2D eigenvalue weighted by Crippen LogP contribution is 2.37. The van der Waals surface area contributed by atoms with Gasteiger partial charge in [0, 0.05) is 31.1 Å². The van der Waals surface area contributed by atoms with E-state index in [1.807, 2.05) is 0 Å². The number of imidazole rings is 1. The molecule has 11 heteroatoms. The number of halogens is 4. The van der Waals surface area contributed by atoms with E-state index in [-0.39, 0.29) is 16.4 Å². The molecular weight excluding hydrogens is 497 g/mol. The number of pyridine rings is 1. The first-order valence-corrected chi connectivity index (χ1v) is 11.2. The lowest BCUT2D eigenvalue weighted by atomic mass is 10.2. The summed E-state index contributed by atoms with van der Waals surface area (Å²) in [6, 6.07) is 11.8. The zero-order chi connectivity index (χ0) is 26.3. The molecule has 36 heavy (non-hydrogen) atoms. The molecule has 0 bridgehead atoms. The summed E-state index contributed by atoms with van der Waals surface area (Å²) in [5.41, 5.74) is -0.0390. The van der Waals surface area contributed by atoms with Crippen molar-refractivity contribution in [2.75, 3.05) is 5.32 Å². The largest absolute Gasteiger partial charge is 0.457 e. The monoisotopic (exact) mass is 518 g/mol. The molecule has 2 aromatic heterocycles. The molecule has 7 nitrogen and oxygen atoms in total. The normalized spacial score (nSPS) is 12.0. The summed E-state index contributed by atoms with van der Waals surface area (Å²) in [5, 5.41) is 2.52. The number of rotatable bonds is 5. The van der Waals surface area contributed by atoms with Crippen LogP contribution in [-0.2, 0) is 18.0 Å². The van der Waals surface area contributed by atoms with E-state index in [4.69, 9.17) is 21.1 Å². The van der Waals surface area contributed by atoms with Gasteiger partial charge in [-0.15, -0.1) is 0 Å². The maximum absolute atomic E-state index is 13.2. The topological polar surface area (TPSA) is 78.3 Å². The second-order valence-electron chi connectivity index (χ2n) is 8.94. The molecule has 0 fully saturated rings. The van der Waals surface area contributed by atoms with Gasteiger partial charge >= 0.3 is 12.1 Å². The van der Waals surface area contributed by atoms with Crippen LogP contribution in [0, 0.1) is 0 Å². The van der Waals surface area contributed by atoms with Crippen LogP contribution in [0.5, 0.6) is 11.5 Å². The molecular formula is C25H22ClF3N4O3. The van der Waals surface area contributed by atoms with Gasteiger partial charge < -0.3 is 19.4 Å². The van der Waals surface area contributed by atoms with E-state index in [1.165, 1.54) is 24.4 Å². The molecule has 0 saturated heterocycles. The fourth-order valence-electron chi connectivity index (χ4n) is 3.36. The van der Waals surface area contributed by atoms with E-state index in [0.29, 0.717) is 23.0 Å². The number of aryl methyl sites for hydroxylation is 1. The number of nitrogens with zero attached hydrogens (tertiary/aromatic N) is 3. The molecule has 4 rings (SSSR count). The number of fused-ring (bicyclic) bond motifs is 1. The first-order chi connectivity index (χ1) is 16.8. The molecule has 0 amide bonds. The highest BCUT2D eigenvalue weighted by molar-refractivity contribution is 6.31. The standard InChI is InChI=1S/C25H22ClF3N4O3/c1-24(2,3)36-22(34)20-13-16(9-10-30-20)35-15-6-8-21-19(12-15)32-23(33(21)4)31-14-5-7-18(26)17(11-14)25(27,28)29/h5-13H,1-4H3,(H,31,32). The summed E-state index contributed by atoms with van der Waals surface area (Å²) in [7, 11) is 1.73. The summed E-state index contributed by atoms with van der Waals surface area (Å²) < 4.78 is 52.5. The number of hydrogen-bond acceptors (Lipinski definition) is 6. The molecule has 0 saturated carbocycles. The number of carbonyl (C=O) groups excluding carboxylic acids is 1. The Kier molecular flexibility index (Phi) is 6.57. The Balaban J connectivity index is 1.57. The zero-order valence-corrected chi connectivity index (χ0v) is 20.5. The number of alkyl halides is 3. The Morgan fingerprint density at radius 2 is 1.75 bits per heavy atom. The highest BCUT2D eigenvalue weighted by Gasteiger charge is 2.33. The van der Waals surface area contributed by atoms with Crippen molar-refractivity contribution in [3.63, 3.8) is 0 Å². The van der Waals surface area contributed by atoms with Gasteiger partial charge in [-0.3, -0.25) is 0 Å². The van der Waals surface area contributed by atoms with Crippen LogP contribution in [-0.4, -0.2) is 26.1 Å². The van der Waals surface area contributed by atoms with Gasteiger partial charge in [0.25, 0.3) is 0 Å². The second kappa shape index (κ2) is 9.34. The van der Waals surface area contributed by atoms with Crippen molar-refractivity contribution in [2.24, 2.45) is 7.05 Å². The van der Waals surface area contributed by atoms with E-state index < -0.39 is 23.3 Å². The van der Waals surface area contributed by atoms with E-state index in [0.717, 1.165) is 11.6 Å². The zero-order valence-electron chi connectivity index (χ0n) is 19.8. The third-order valence-corrected chi connectivity index (χ3v) is 5.28. The van der Waals surface area contributed by atoms with Crippen molar-refractivity contribution in [2.45, 2.75) is 32.5 Å². The lowest BCUT2D eigenvalue weighted by Crippen LogP contribution is -2.24. The Hall–Kier alpha value is -3.79. The van der Waals surface area contributed by atoms with E-state index in [2.05, 4.69) is 15.3 Å². The molecule has 0 aliphatic carbocycles. The van der Waals surface area contributed by atoms with Crippen LogP contribution in [0.2, 0.25) is 5.02 Å². The van der Waals surface area contributed by atoms with Crippen molar-refractivity contribution < 1.29 is 27.4 Å². The number of benzene rings is 2. The summed E-state index contributed by atoms with van der Waals surface area (Å²) >= 11 is 5.71. The van der Waals surface area contributed by atoms with Gasteiger partial charge in [-0.1, -0.05) is 11.6 Å². The molecule has 188 valence electrons. The summed E-state index contributed by atoms with van der Waals surface area (Å²) in [4.78, 5) is 20.8. The van der Waals surface area contributed by atoms with Crippen LogP contribution in [0.3, 0.4) is 0 Å². The number of nitrogens with one attached hydrogen (secondary N) is 1. The quantitative estimate of drug-likeness (QED) is 0.283. The van der Waals surface area contributed by atoms with Crippen molar-refractivity contribution >= 4 is 40.2 Å². The number of esters is 1. The summed E-state index contributed by atoms with van der Waals surface area (Å²) in [6.07, 6.45) is -3.14. The van der Waals surface area contributed by atoms with Crippen LogP contribution in [0.25, 0.3) is 11.0 Å². The van der Waals surface area contributed by atoms with Crippen molar-refractivity contribution in [1.82, 2.24) is 14.5 Å². The van der Waals surface area contributed by atoms with Crippen LogP contribution < -0.4 is 10.1 Å². The smallest absolute Gasteiger partial charge is 0.417 e. The number of ether oxygens (including phenoxy) is 2. The third kappa shape index (κ3) is 5.71. The minimum absolute atomic E-state index is 0.106. The first kappa shape index (κ1) is 25.3. The molecule has 0 aliphatic rings. The lowest BCUT2D eigenvalue weighted by Gasteiger charge is -2.19. The molecule has 2 heterocycles. The average Bonchev–Trinajstić information content (AvgIpc) is 3.08. The van der Waals surface area contributed by atoms with Crippen LogP contribution in [0.4, 0.5) is 24.8 Å². The van der Waals surface area contributed by atoms with Crippen LogP contribution in [0.15, 0.2) is 54.7 Å². The van der Waals surface area contributed by atoms with E-state index >= 15 is 0 Å². The molecule has 0 unspecified atom stereocenters. The number of aromatic nitrogens is 3. The Morgan fingerprint density at radius 1 is 1.03 bits per heavy atom. The van der Waals surface area contributed by atoms with Gasteiger partial charge in [-0.25, -0.2) is 14.8 Å². The second-order valence-corrected chi connectivity index (χ2v) is 9.35. The Morgan fingerprint density at radius 3 is 2.44 bits per heavy atom. The van der Waals surface area contributed by atoms with Crippen molar-refractivity contribution in [1.29, 1.82) is 0 Å². The van der Waals surface area contributed by atoms with Gasteiger partial charge in [-0.05, 0) is 57.2 Å². The minimum atomic E-state index is -4.58. The lowest BCUT2D eigenvalue weighted by molar-refractivity contribution is -0.137. The summed E-state index contributed by atoms with van der Waals surface area (Å²) in [6.45, 7) is 5.29. The van der Waals surface area contributed by atoms with Gasteiger partial charge in [0.1, 0.15) is 17.1 Å². The minimum Gasteiger partial charge on any atom is -0.457 e. The Bertz CT molecular complexity index is 1440. The fourth-order valence-corrected chi connectivity index (χ4v) is 3.58. The molecule has 0 aliphatic heterocycles.